The van der Waals surface area contributed by atoms with E-state index in [1.165, 1.54) is 0 Å². The van der Waals surface area contributed by atoms with E-state index < -0.39 is 5.41 Å². The highest BCUT2D eigenvalue weighted by atomic mass is 79.9. The number of halogens is 1. The lowest BCUT2D eigenvalue weighted by molar-refractivity contribution is -0.119. The summed E-state index contributed by atoms with van der Waals surface area (Å²) in [6.07, 6.45) is 1.62. The van der Waals surface area contributed by atoms with Crippen molar-refractivity contribution in [3.63, 3.8) is 0 Å². The van der Waals surface area contributed by atoms with Crippen LogP contribution in [0.4, 0.5) is 11.4 Å². The number of amides is 2. The molecule has 0 atom stereocenters. The summed E-state index contributed by atoms with van der Waals surface area (Å²) in [5.74, 6) is 0.698. The molecule has 6 nitrogen and oxygen atoms in total. The highest BCUT2D eigenvalue weighted by Gasteiger charge is 2.51. The molecule has 0 aliphatic heterocycles. The van der Waals surface area contributed by atoms with E-state index in [4.69, 9.17) is 9.47 Å². The van der Waals surface area contributed by atoms with Crippen LogP contribution in [0.5, 0.6) is 11.5 Å². The molecule has 0 heterocycles. The lowest BCUT2D eigenvalue weighted by atomic mass is 9.95. The summed E-state index contributed by atoms with van der Waals surface area (Å²) in [4.78, 5) is 25.4. The van der Waals surface area contributed by atoms with E-state index in [2.05, 4.69) is 26.6 Å². The quantitative estimate of drug-likeness (QED) is 0.454. The third-order valence-corrected chi connectivity index (χ3v) is 5.89. The molecule has 0 bridgehead atoms. The minimum absolute atomic E-state index is 0.0430. The van der Waals surface area contributed by atoms with E-state index in [1.807, 2.05) is 36.4 Å². The number of hydrogen-bond donors (Lipinski definition) is 2. The van der Waals surface area contributed by atoms with Crippen molar-refractivity contribution in [2.75, 3.05) is 24.4 Å². The zero-order chi connectivity index (χ0) is 22.6. The number of carbonyl (C=O) groups is 2. The van der Waals surface area contributed by atoms with Gasteiger partial charge in [0.15, 0.2) is 18.1 Å². The van der Waals surface area contributed by atoms with Crippen molar-refractivity contribution in [2.24, 2.45) is 0 Å². The monoisotopic (exact) mass is 494 g/mol. The molecule has 3 aromatic carbocycles. The standard InChI is InChI=1S/C25H23BrN2O4/c1-31-21-10-2-3-11-22(21)32-16-23(29)27-19-8-5-9-20(15-19)28-24(30)25(12-13-25)17-6-4-7-18(26)14-17/h2-11,14-15H,12-13,16H2,1H3,(H,27,29)(H,28,30). The summed E-state index contributed by atoms with van der Waals surface area (Å²) >= 11 is 3.48. The molecule has 2 N–H and O–H groups in total. The fourth-order valence-corrected chi connectivity index (χ4v) is 3.96. The minimum Gasteiger partial charge on any atom is -0.493 e. The number of hydrogen-bond acceptors (Lipinski definition) is 4. The van der Waals surface area contributed by atoms with Crippen molar-refractivity contribution in [1.82, 2.24) is 0 Å². The van der Waals surface area contributed by atoms with Crippen molar-refractivity contribution in [3.8, 4) is 11.5 Å². The van der Waals surface area contributed by atoms with E-state index in [0.717, 1.165) is 22.9 Å². The summed E-state index contributed by atoms with van der Waals surface area (Å²) < 4.78 is 11.7. The second-order valence-electron chi connectivity index (χ2n) is 7.62. The van der Waals surface area contributed by atoms with Gasteiger partial charge in [0.25, 0.3) is 5.91 Å². The average Bonchev–Trinajstić information content (AvgIpc) is 3.60. The number of benzene rings is 3. The zero-order valence-corrected chi connectivity index (χ0v) is 19.1. The number of para-hydroxylation sites is 2. The molecular formula is C25H23BrN2O4. The van der Waals surface area contributed by atoms with Crippen LogP contribution in [0.2, 0.25) is 0 Å². The molecule has 0 radical (unpaired) electrons. The van der Waals surface area contributed by atoms with Crippen LogP contribution < -0.4 is 20.1 Å². The molecule has 4 rings (SSSR count). The molecule has 0 aromatic heterocycles. The number of ether oxygens (including phenoxy) is 2. The number of nitrogens with one attached hydrogen (secondary N) is 2. The Morgan fingerprint density at radius 3 is 2.28 bits per heavy atom. The maximum absolute atomic E-state index is 13.0. The Kier molecular flexibility index (Phi) is 6.46. The van der Waals surface area contributed by atoms with Gasteiger partial charge in [0, 0.05) is 15.8 Å². The SMILES string of the molecule is COc1ccccc1OCC(=O)Nc1cccc(NC(=O)C2(c3cccc(Br)c3)CC2)c1. The van der Waals surface area contributed by atoms with Crippen molar-refractivity contribution < 1.29 is 19.1 Å². The van der Waals surface area contributed by atoms with Gasteiger partial charge in [-0.05, 0) is 60.9 Å². The normalized spacial score (nSPS) is 13.7. The van der Waals surface area contributed by atoms with Crippen LogP contribution in [0.25, 0.3) is 0 Å². The van der Waals surface area contributed by atoms with E-state index in [9.17, 15) is 9.59 Å². The number of methoxy groups -OCH3 is 1. The summed E-state index contributed by atoms with van der Waals surface area (Å²) in [6, 6.07) is 22.1. The predicted octanol–water partition coefficient (Wildman–Crippen LogP) is 5.15. The molecule has 32 heavy (non-hydrogen) atoms. The fourth-order valence-electron chi connectivity index (χ4n) is 3.56. The van der Waals surface area contributed by atoms with Gasteiger partial charge in [-0.3, -0.25) is 9.59 Å². The van der Waals surface area contributed by atoms with Crippen LogP contribution in [0.15, 0.2) is 77.3 Å². The van der Waals surface area contributed by atoms with Crippen molar-refractivity contribution in [1.29, 1.82) is 0 Å². The van der Waals surface area contributed by atoms with Crippen molar-refractivity contribution in [3.05, 3.63) is 82.8 Å². The van der Waals surface area contributed by atoms with Gasteiger partial charge in [-0.2, -0.15) is 0 Å². The smallest absolute Gasteiger partial charge is 0.262 e. The minimum atomic E-state index is -0.494. The molecule has 0 unspecified atom stereocenters. The maximum Gasteiger partial charge on any atom is 0.262 e. The van der Waals surface area contributed by atoms with Gasteiger partial charge in [-0.25, -0.2) is 0 Å². The van der Waals surface area contributed by atoms with Gasteiger partial charge in [0.05, 0.1) is 12.5 Å². The Bertz CT molecular complexity index is 1140. The Morgan fingerprint density at radius 2 is 1.59 bits per heavy atom. The second kappa shape index (κ2) is 9.44. The Morgan fingerprint density at radius 1 is 0.906 bits per heavy atom. The first-order valence-electron chi connectivity index (χ1n) is 10.2. The van der Waals surface area contributed by atoms with Crippen LogP contribution in [0, 0.1) is 0 Å². The molecule has 164 valence electrons. The van der Waals surface area contributed by atoms with Gasteiger partial charge < -0.3 is 20.1 Å². The molecule has 0 spiro atoms. The van der Waals surface area contributed by atoms with Gasteiger partial charge in [-0.1, -0.05) is 46.3 Å². The number of rotatable bonds is 8. The van der Waals surface area contributed by atoms with Crippen molar-refractivity contribution >= 4 is 39.1 Å². The van der Waals surface area contributed by atoms with Gasteiger partial charge in [0.2, 0.25) is 5.91 Å². The summed E-state index contributed by atoms with van der Waals surface area (Å²) in [7, 11) is 1.55. The topological polar surface area (TPSA) is 76.7 Å². The van der Waals surface area contributed by atoms with Gasteiger partial charge in [-0.15, -0.1) is 0 Å². The van der Waals surface area contributed by atoms with Crippen molar-refractivity contribution in [2.45, 2.75) is 18.3 Å². The molecule has 0 saturated heterocycles. The highest BCUT2D eigenvalue weighted by molar-refractivity contribution is 9.10. The number of anilines is 2. The lowest BCUT2D eigenvalue weighted by Crippen LogP contribution is -2.28. The zero-order valence-electron chi connectivity index (χ0n) is 17.6. The lowest BCUT2D eigenvalue weighted by Gasteiger charge is -2.17. The first kappa shape index (κ1) is 21.9. The van der Waals surface area contributed by atoms with Gasteiger partial charge >= 0.3 is 0 Å². The van der Waals surface area contributed by atoms with Crippen LogP contribution in [0.3, 0.4) is 0 Å². The van der Waals surface area contributed by atoms with Crippen LogP contribution in [-0.4, -0.2) is 25.5 Å². The molecule has 2 amide bonds. The third-order valence-electron chi connectivity index (χ3n) is 5.39. The summed E-state index contributed by atoms with van der Waals surface area (Å²) in [5, 5.41) is 5.79. The van der Waals surface area contributed by atoms with E-state index in [1.54, 1.807) is 43.5 Å². The Hall–Kier alpha value is -3.32. The Balaban J connectivity index is 1.37. The van der Waals surface area contributed by atoms with E-state index in [0.29, 0.717) is 22.9 Å². The largest absolute Gasteiger partial charge is 0.493 e. The third kappa shape index (κ3) is 4.94. The number of carbonyl (C=O) groups excluding carboxylic acids is 2. The van der Waals surface area contributed by atoms with E-state index >= 15 is 0 Å². The molecule has 1 fully saturated rings. The Labute approximate surface area is 195 Å². The molecular weight excluding hydrogens is 472 g/mol. The van der Waals surface area contributed by atoms with E-state index in [-0.39, 0.29) is 18.4 Å². The molecule has 1 aliphatic carbocycles. The summed E-state index contributed by atoms with van der Waals surface area (Å²) in [6.45, 7) is -0.164. The predicted molar refractivity (Wildman–Crippen MR) is 127 cm³/mol. The first-order chi connectivity index (χ1) is 15.5. The molecule has 1 saturated carbocycles. The molecule has 7 heteroatoms. The highest BCUT2D eigenvalue weighted by Crippen LogP contribution is 2.49. The van der Waals surface area contributed by atoms with Crippen LogP contribution in [0.1, 0.15) is 18.4 Å². The van der Waals surface area contributed by atoms with Gasteiger partial charge in [0.1, 0.15) is 0 Å². The maximum atomic E-state index is 13.0. The fraction of sp³-hybridized carbons (Fsp3) is 0.200. The summed E-state index contributed by atoms with van der Waals surface area (Å²) in [5.41, 5.74) is 1.71. The second-order valence-corrected chi connectivity index (χ2v) is 8.53. The average molecular weight is 495 g/mol. The van der Waals surface area contributed by atoms with Crippen LogP contribution in [-0.2, 0) is 15.0 Å². The molecule has 3 aromatic rings. The first-order valence-corrected chi connectivity index (χ1v) is 11.0. The molecule has 1 aliphatic rings. The van der Waals surface area contributed by atoms with Crippen LogP contribution >= 0.6 is 15.9 Å².